The first kappa shape index (κ1) is 88.8. The van der Waals surface area contributed by atoms with Gasteiger partial charge in [-0.2, -0.15) is 0 Å². The third-order valence-corrected chi connectivity index (χ3v) is 19.0. The average molecular weight is 1420 g/mol. The molecule has 0 aromatic heterocycles. The molecule has 0 bridgehead atoms. The highest BCUT2D eigenvalue weighted by atomic mass is 16.8. The van der Waals surface area contributed by atoms with Gasteiger partial charge in [0, 0.05) is 19.8 Å². The van der Waals surface area contributed by atoms with E-state index >= 15 is 0 Å². The van der Waals surface area contributed by atoms with Gasteiger partial charge in [0.2, 0.25) is 17.7 Å². The van der Waals surface area contributed by atoms with Crippen LogP contribution in [0.25, 0.3) is 0 Å². The molecule has 0 spiro atoms. The molecule has 30 nitrogen and oxygen atoms in total. The Morgan fingerprint density at radius 1 is 0.520 bits per heavy atom. The molecule has 3 fully saturated rings. The summed E-state index contributed by atoms with van der Waals surface area (Å²) in [5.74, 6) is -13.6. The standard InChI is InChI=1S/C68H125N3O27/c1-4-6-8-10-12-14-16-18-19-20-21-22-23-25-27-29-31-33-35-46(77)63(88)70-44(55(82)45(76)34-32-30-28-26-24-17-15-13-11-9-7-5-2)41-93-64-60(87)59(86)57(84)51(95-64)42-94-67(65(89)90)36-47(78)53(69-43(3)75)62(97-67)58(85)50(39-73)96-68(66(91)92)37-48(79)54(71-52(81)40-74)61(98-68)56(83)49(80)38-72/h44-51,53-62,64,72-74,76-80,82-87H,4-42H2,1-3H3,(H,69,75)(H,70,88)(H,71,81)(H,89,90)(H,91,92)/t44-,45+,46+,47-,48-,49+,50+,51+,53+,54+,55-,56+,57+,58+,59-,60+,61+,62+,64+,67+,68+/m0/s1. The van der Waals surface area contributed by atoms with E-state index in [0.717, 1.165) is 71.1 Å². The molecule has 3 saturated heterocycles. The average Bonchev–Trinajstić information content (AvgIpc) is 0.763. The van der Waals surface area contributed by atoms with Crippen LogP contribution >= 0.6 is 0 Å². The number of ether oxygens (including phenoxy) is 6. The van der Waals surface area contributed by atoms with E-state index in [-0.39, 0.29) is 12.8 Å². The van der Waals surface area contributed by atoms with E-state index in [0.29, 0.717) is 12.8 Å². The van der Waals surface area contributed by atoms with Crippen molar-refractivity contribution in [3.8, 4) is 0 Å². The topological polar surface area (TPSA) is 501 Å². The van der Waals surface area contributed by atoms with Crippen molar-refractivity contribution in [2.24, 2.45) is 0 Å². The van der Waals surface area contributed by atoms with Gasteiger partial charge < -0.3 is 126 Å². The number of carboxylic acid groups (broad SMARTS) is 2. The second kappa shape index (κ2) is 48.5. The Kier molecular flexibility index (Phi) is 43.9. The normalized spacial score (nSPS) is 28.4. The third kappa shape index (κ3) is 30.1. The molecule has 3 amide bonds. The Morgan fingerprint density at radius 3 is 1.39 bits per heavy atom. The molecule has 98 heavy (non-hydrogen) atoms. The monoisotopic (exact) mass is 1420 g/mol. The first-order chi connectivity index (χ1) is 46.8. The molecule has 0 aromatic rings. The van der Waals surface area contributed by atoms with E-state index in [2.05, 4.69) is 29.8 Å². The fraction of sp³-hybridized carbons (Fsp3) is 0.926. The predicted molar refractivity (Wildman–Crippen MR) is 353 cm³/mol. The van der Waals surface area contributed by atoms with E-state index in [1.807, 2.05) is 0 Å². The zero-order chi connectivity index (χ0) is 72.8. The van der Waals surface area contributed by atoms with Crippen molar-refractivity contribution < 1.29 is 134 Å². The summed E-state index contributed by atoms with van der Waals surface area (Å²) in [6.07, 6.45) is -1.48. The smallest absolute Gasteiger partial charge is 0.364 e. The van der Waals surface area contributed by atoms with Crippen molar-refractivity contribution >= 4 is 29.7 Å². The van der Waals surface area contributed by atoms with Crippen molar-refractivity contribution in [3.63, 3.8) is 0 Å². The Bertz CT molecular complexity index is 2200. The number of hydrogen-bond donors (Lipinski definition) is 19. The van der Waals surface area contributed by atoms with Gasteiger partial charge in [-0.25, -0.2) is 9.59 Å². The van der Waals surface area contributed by atoms with Crippen LogP contribution in [0.2, 0.25) is 0 Å². The molecule has 0 saturated carbocycles. The summed E-state index contributed by atoms with van der Waals surface area (Å²) in [4.78, 5) is 64.8. The van der Waals surface area contributed by atoms with Gasteiger partial charge in [-0.15, -0.1) is 0 Å². The Balaban J connectivity index is 1.77. The first-order valence-corrected chi connectivity index (χ1v) is 36.4. The van der Waals surface area contributed by atoms with Crippen molar-refractivity contribution in [1.82, 2.24) is 16.0 Å². The van der Waals surface area contributed by atoms with Gasteiger partial charge in [-0.3, -0.25) is 14.4 Å². The molecule has 0 unspecified atom stereocenters. The summed E-state index contributed by atoms with van der Waals surface area (Å²) in [5.41, 5.74) is 0. The Hall–Kier alpha value is -3.45. The van der Waals surface area contributed by atoms with Crippen molar-refractivity contribution in [3.05, 3.63) is 0 Å². The molecule has 3 rings (SSSR count). The van der Waals surface area contributed by atoms with Crippen LogP contribution in [0.15, 0.2) is 0 Å². The number of unbranched alkanes of at least 4 members (excludes halogenated alkanes) is 28. The fourth-order valence-corrected chi connectivity index (χ4v) is 13.0. The summed E-state index contributed by atoms with van der Waals surface area (Å²) >= 11 is 0. The van der Waals surface area contributed by atoms with Crippen molar-refractivity contribution in [2.45, 2.75) is 367 Å². The van der Waals surface area contributed by atoms with Gasteiger partial charge in [0.25, 0.3) is 11.6 Å². The number of carbonyl (C=O) groups is 5. The van der Waals surface area contributed by atoms with Crippen LogP contribution in [0.5, 0.6) is 0 Å². The number of carbonyl (C=O) groups excluding carboxylic acids is 3. The molecule has 21 atom stereocenters. The van der Waals surface area contributed by atoms with Crippen LogP contribution in [-0.2, 0) is 52.4 Å². The number of amides is 3. The molecular formula is C68H125N3O27. The molecule has 3 aliphatic rings. The van der Waals surface area contributed by atoms with Crippen LogP contribution < -0.4 is 16.0 Å². The molecule has 0 aromatic carbocycles. The zero-order valence-electron chi connectivity index (χ0n) is 58.2. The number of aliphatic hydroxyl groups excluding tert-OH is 14. The summed E-state index contributed by atoms with van der Waals surface area (Å²) in [6, 6.07) is -5.16. The number of carboxylic acids is 2. The van der Waals surface area contributed by atoms with Gasteiger partial charge in [-0.1, -0.05) is 206 Å². The van der Waals surface area contributed by atoms with Gasteiger partial charge in [0.15, 0.2) is 6.29 Å². The van der Waals surface area contributed by atoms with Crippen molar-refractivity contribution in [2.75, 3.05) is 33.0 Å². The van der Waals surface area contributed by atoms with Crippen LogP contribution in [0.4, 0.5) is 0 Å². The molecule has 0 radical (unpaired) electrons. The maximum Gasteiger partial charge on any atom is 0.364 e. The summed E-state index contributed by atoms with van der Waals surface area (Å²) in [7, 11) is 0. The lowest BCUT2D eigenvalue weighted by molar-refractivity contribution is -0.352. The van der Waals surface area contributed by atoms with Crippen LogP contribution in [0.1, 0.15) is 239 Å². The molecule has 0 aliphatic carbocycles. The van der Waals surface area contributed by atoms with E-state index < -0.39 is 203 Å². The first-order valence-electron chi connectivity index (χ1n) is 36.4. The SMILES string of the molecule is CCCCCCCCCCCCCCCCCCCC[C@@H](O)C(=O)N[C@@H](CO[C@@H]1O[C@H](CO[C@]2(C(=O)O)C[C@H](O)[C@@H](NC(C)=O)[C@H]([C@H](O)[C@@H](CO)O[C@]3(C(=O)O)C[C@H](O)[C@@H](NC(=O)CO)[C@H]([C@H](O)[C@H](O)CO)O3)O2)[C@@H](O)[C@H](O)[C@H]1O)[C@H](O)[C@H](O)CCCCCCCCCCCCCC. The predicted octanol–water partition coefficient (Wildman–Crippen LogP) is 1.21. The number of aliphatic carboxylic acids is 2. The second-order valence-corrected chi connectivity index (χ2v) is 27.2. The highest BCUT2D eigenvalue weighted by Gasteiger charge is 2.61. The van der Waals surface area contributed by atoms with Gasteiger partial charge in [-0.05, 0) is 12.8 Å². The third-order valence-electron chi connectivity index (χ3n) is 19.0. The molecule has 574 valence electrons. The number of hydrogen-bond acceptors (Lipinski definition) is 25. The summed E-state index contributed by atoms with van der Waals surface area (Å²) < 4.78 is 34.5. The minimum absolute atomic E-state index is 0.0845. The Labute approximate surface area is 577 Å². The lowest BCUT2D eigenvalue weighted by Crippen LogP contribution is -2.71. The maximum atomic E-state index is 13.6. The summed E-state index contributed by atoms with van der Waals surface area (Å²) in [5, 5.41) is 181. The van der Waals surface area contributed by atoms with E-state index in [1.165, 1.54) is 116 Å². The highest BCUT2D eigenvalue weighted by Crippen LogP contribution is 2.39. The zero-order valence-corrected chi connectivity index (χ0v) is 58.2. The quantitative estimate of drug-likeness (QED) is 0.0381. The Morgan fingerprint density at radius 2 is 0.949 bits per heavy atom. The minimum Gasteiger partial charge on any atom is -0.477 e. The second-order valence-electron chi connectivity index (χ2n) is 27.2. The highest BCUT2D eigenvalue weighted by molar-refractivity contribution is 5.81. The number of nitrogens with one attached hydrogen (secondary N) is 3. The van der Waals surface area contributed by atoms with E-state index in [1.54, 1.807) is 0 Å². The number of rotatable bonds is 55. The van der Waals surface area contributed by atoms with E-state index in [4.69, 9.17) is 28.4 Å². The lowest BCUT2D eigenvalue weighted by atomic mass is 9.87. The van der Waals surface area contributed by atoms with Crippen LogP contribution in [0, 0.1) is 0 Å². The molecular weight excluding hydrogens is 1290 g/mol. The van der Waals surface area contributed by atoms with E-state index in [9.17, 15) is 106 Å². The van der Waals surface area contributed by atoms with Gasteiger partial charge in [0.05, 0.1) is 62.9 Å². The fourth-order valence-electron chi connectivity index (χ4n) is 13.0. The van der Waals surface area contributed by atoms with Gasteiger partial charge in [0.1, 0.15) is 79.9 Å². The summed E-state index contributed by atoms with van der Waals surface area (Å²) in [6.45, 7) is -0.306. The lowest BCUT2D eigenvalue weighted by Gasteiger charge is -2.49. The minimum atomic E-state index is -3.27. The van der Waals surface area contributed by atoms with Crippen LogP contribution in [0.3, 0.4) is 0 Å². The largest absolute Gasteiger partial charge is 0.477 e. The van der Waals surface area contributed by atoms with Crippen LogP contribution in [-0.4, -0.2) is 272 Å². The molecule has 3 heterocycles. The molecule has 30 heteroatoms. The molecule has 19 N–H and O–H groups in total. The maximum absolute atomic E-state index is 13.6. The number of aliphatic hydroxyl groups is 14. The molecule has 3 aliphatic heterocycles. The van der Waals surface area contributed by atoms with Crippen molar-refractivity contribution in [1.29, 1.82) is 0 Å². The van der Waals surface area contributed by atoms with Gasteiger partial charge >= 0.3 is 11.9 Å².